The van der Waals surface area contributed by atoms with E-state index in [1.807, 2.05) is 0 Å². The van der Waals surface area contributed by atoms with Crippen LogP contribution >= 0.6 is 15.9 Å². The number of ether oxygens (including phenoxy) is 1. The summed E-state index contributed by atoms with van der Waals surface area (Å²) < 4.78 is 5.06. The second kappa shape index (κ2) is 8.02. The molecule has 1 atom stereocenters. The lowest BCUT2D eigenvalue weighted by Gasteiger charge is -2.27. The maximum atomic E-state index is 5.06. The van der Waals surface area contributed by atoms with E-state index in [0.717, 1.165) is 25.0 Å². The van der Waals surface area contributed by atoms with Crippen LogP contribution in [0.15, 0.2) is 0 Å². The highest BCUT2D eigenvalue weighted by Gasteiger charge is 2.09. The Labute approximate surface area is 84.4 Å². The molecule has 0 fully saturated rings. The Kier molecular flexibility index (Phi) is 8.29. The van der Waals surface area contributed by atoms with Crippen molar-refractivity contribution in [3.63, 3.8) is 0 Å². The molecule has 0 aliphatic heterocycles. The maximum Gasteiger partial charge on any atom is 0.0589 e. The van der Waals surface area contributed by atoms with E-state index in [0.29, 0.717) is 6.04 Å². The van der Waals surface area contributed by atoms with Crippen molar-refractivity contribution >= 4 is 15.9 Å². The van der Waals surface area contributed by atoms with E-state index < -0.39 is 0 Å². The second-order valence-electron chi connectivity index (χ2n) is 2.98. The van der Waals surface area contributed by atoms with Crippen LogP contribution in [0.3, 0.4) is 0 Å². The predicted octanol–water partition coefficient (Wildman–Crippen LogP) is 2.13. The van der Waals surface area contributed by atoms with Gasteiger partial charge in [0, 0.05) is 31.6 Å². The molecule has 0 amide bonds. The number of rotatable bonds is 7. The third kappa shape index (κ3) is 5.12. The van der Waals surface area contributed by atoms with Crippen molar-refractivity contribution in [3.05, 3.63) is 0 Å². The third-order valence-corrected chi connectivity index (χ3v) is 2.52. The molecular formula is C9H20BrNO. The molecule has 0 aliphatic rings. The summed E-state index contributed by atoms with van der Waals surface area (Å²) in [6.45, 7) is 7.46. The van der Waals surface area contributed by atoms with Gasteiger partial charge in [0.15, 0.2) is 0 Å². The first-order valence-corrected chi connectivity index (χ1v) is 5.67. The van der Waals surface area contributed by atoms with Gasteiger partial charge in [-0.15, -0.1) is 0 Å². The van der Waals surface area contributed by atoms with E-state index in [4.69, 9.17) is 4.74 Å². The molecule has 0 heterocycles. The zero-order valence-corrected chi connectivity index (χ0v) is 9.93. The van der Waals surface area contributed by atoms with Gasteiger partial charge in [-0.2, -0.15) is 0 Å². The summed E-state index contributed by atoms with van der Waals surface area (Å²) in [5.74, 6) is 0. The molecule has 2 nitrogen and oxygen atoms in total. The molecule has 12 heavy (non-hydrogen) atoms. The lowest BCUT2D eigenvalue weighted by Crippen LogP contribution is -2.36. The van der Waals surface area contributed by atoms with Gasteiger partial charge in [0.2, 0.25) is 0 Å². The first-order chi connectivity index (χ1) is 5.76. The summed E-state index contributed by atoms with van der Waals surface area (Å²) >= 11 is 3.46. The number of hydrogen-bond acceptors (Lipinski definition) is 2. The highest BCUT2D eigenvalue weighted by molar-refractivity contribution is 9.09. The van der Waals surface area contributed by atoms with Crippen LogP contribution in [0, 0.1) is 0 Å². The molecule has 0 aromatic rings. The van der Waals surface area contributed by atoms with Crippen LogP contribution < -0.4 is 0 Å². The lowest BCUT2D eigenvalue weighted by molar-refractivity contribution is 0.128. The van der Waals surface area contributed by atoms with Crippen molar-refractivity contribution in [2.75, 3.05) is 32.1 Å². The van der Waals surface area contributed by atoms with Crippen LogP contribution in [0.1, 0.15) is 20.3 Å². The van der Waals surface area contributed by atoms with E-state index in [1.54, 1.807) is 7.11 Å². The molecule has 3 heteroatoms. The molecule has 0 saturated carbocycles. The minimum atomic E-state index is 0.665. The summed E-state index contributed by atoms with van der Waals surface area (Å²) in [5, 5.41) is 1.04. The first kappa shape index (κ1) is 12.4. The average Bonchev–Trinajstić information content (AvgIpc) is 2.11. The number of halogens is 1. The van der Waals surface area contributed by atoms with Gasteiger partial charge in [0.1, 0.15) is 0 Å². The monoisotopic (exact) mass is 237 g/mol. The van der Waals surface area contributed by atoms with Gasteiger partial charge in [0.05, 0.1) is 6.61 Å². The fraction of sp³-hybridized carbons (Fsp3) is 1.00. The molecule has 0 N–H and O–H groups in total. The molecule has 0 aromatic heterocycles. The van der Waals surface area contributed by atoms with Crippen molar-refractivity contribution in [2.45, 2.75) is 26.3 Å². The van der Waals surface area contributed by atoms with E-state index in [-0.39, 0.29) is 0 Å². The van der Waals surface area contributed by atoms with Gasteiger partial charge < -0.3 is 4.74 Å². The van der Waals surface area contributed by atoms with Crippen LogP contribution in [-0.4, -0.2) is 43.1 Å². The highest BCUT2D eigenvalue weighted by Crippen LogP contribution is 2.03. The molecule has 0 aromatic carbocycles. The van der Waals surface area contributed by atoms with E-state index in [1.165, 1.54) is 6.42 Å². The Balaban J connectivity index is 3.68. The molecule has 74 valence electrons. The zero-order valence-electron chi connectivity index (χ0n) is 8.35. The first-order valence-electron chi connectivity index (χ1n) is 4.55. The average molecular weight is 238 g/mol. The smallest absolute Gasteiger partial charge is 0.0589 e. The number of methoxy groups -OCH3 is 1. The molecule has 1 unspecified atom stereocenters. The van der Waals surface area contributed by atoms with E-state index in [9.17, 15) is 0 Å². The minimum absolute atomic E-state index is 0.665. The van der Waals surface area contributed by atoms with Gasteiger partial charge in [-0.05, 0) is 13.3 Å². The second-order valence-corrected chi connectivity index (χ2v) is 3.77. The van der Waals surface area contributed by atoms with Crippen molar-refractivity contribution < 1.29 is 4.74 Å². The Morgan fingerprint density at radius 3 is 2.50 bits per heavy atom. The van der Waals surface area contributed by atoms with Gasteiger partial charge >= 0.3 is 0 Å². The van der Waals surface area contributed by atoms with E-state index in [2.05, 4.69) is 34.7 Å². The summed E-state index contributed by atoms with van der Waals surface area (Å²) in [4.78, 5) is 2.44. The van der Waals surface area contributed by atoms with Crippen molar-refractivity contribution in [2.24, 2.45) is 0 Å². The minimum Gasteiger partial charge on any atom is -0.383 e. The summed E-state index contributed by atoms with van der Waals surface area (Å²) in [6.07, 6.45) is 1.21. The Bertz CT molecular complexity index is 101. The van der Waals surface area contributed by atoms with Crippen LogP contribution in [0.25, 0.3) is 0 Å². The standard InChI is InChI=1S/C9H20BrNO/c1-4-9(2)11(6-5-10)7-8-12-3/h9H,4-8H2,1-3H3. The number of nitrogens with zero attached hydrogens (tertiary/aromatic N) is 1. The predicted molar refractivity (Wildman–Crippen MR) is 57.0 cm³/mol. The Morgan fingerprint density at radius 2 is 2.08 bits per heavy atom. The van der Waals surface area contributed by atoms with Crippen molar-refractivity contribution in [1.82, 2.24) is 4.90 Å². The van der Waals surface area contributed by atoms with Crippen molar-refractivity contribution in [1.29, 1.82) is 0 Å². The fourth-order valence-corrected chi connectivity index (χ4v) is 1.58. The normalized spacial score (nSPS) is 13.8. The van der Waals surface area contributed by atoms with Crippen LogP contribution in [-0.2, 0) is 4.74 Å². The molecule has 0 bridgehead atoms. The largest absolute Gasteiger partial charge is 0.383 e. The van der Waals surface area contributed by atoms with Crippen LogP contribution in [0.4, 0.5) is 0 Å². The highest BCUT2D eigenvalue weighted by atomic mass is 79.9. The molecule has 0 radical (unpaired) electrons. The summed E-state index contributed by atoms with van der Waals surface area (Å²) in [6, 6.07) is 0.665. The molecule has 0 rings (SSSR count). The quantitative estimate of drug-likeness (QED) is 0.630. The molecule has 0 saturated heterocycles. The van der Waals surface area contributed by atoms with Crippen LogP contribution in [0.2, 0.25) is 0 Å². The van der Waals surface area contributed by atoms with Crippen molar-refractivity contribution in [3.8, 4) is 0 Å². The van der Waals surface area contributed by atoms with E-state index >= 15 is 0 Å². The fourth-order valence-electron chi connectivity index (χ4n) is 1.13. The van der Waals surface area contributed by atoms with Gasteiger partial charge in [-0.3, -0.25) is 4.90 Å². The topological polar surface area (TPSA) is 12.5 Å². The third-order valence-electron chi connectivity index (χ3n) is 2.17. The zero-order chi connectivity index (χ0) is 9.40. The Morgan fingerprint density at radius 1 is 1.42 bits per heavy atom. The van der Waals surface area contributed by atoms with Gasteiger partial charge in [0.25, 0.3) is 0 Å². The summed E-state index contributed by atoms with van der Waals surface area (Å²) in [5.41, 5.74) is 0. The van der Waals surface area contributed by atoms with Gasteiger partial charge in [-0.25, -0.2) is 0 Å². The van der Waals surface area contributed by atoms with Gasteiger partial charge in [-0.1, -0.05) is 22.9 Å². The molecular weight excluding hydrogens is 218 g/mol. The maximum absolute atomic E-state index is 5.06. The van der Waals surface area contributed by atoms with Crippen LogP contribution in [0.5, 0.6) is 0 Å². The number of alkyl halides is 1. The number of hydrogen-bond donors (Lipinski definition) is 0. The molecule has 0 aliphatic carbocycles. The Hall–Kier alpha value is 0.400. The lowest BCUT2D eigenvalue weighted by atomic mass is 10.2. The molecule has 0 spiro atoms. The summed E-state index contributed by atoms with van der Waals surface area (Å²) in [7, 11) is 1.75. The SMILES string of the molecule is CCC(C)N(CCBr)CCOC.